The molecule has 0 saturated carbocycles. The molecule has 172 valence electrons. The van der Waals surface area contributed by atoms with Crippen molar-refractivity contribution in [3.63, 3.8) is 0 Å². The first kappa shape index (κ1) is 21.4. The number of piperazine rings is 1. The lowest BCUT2D eigenvalue weighted by Crippen LogP contribution is -2.49. The molecule has 1 N–H and O–H groups in total. The predicted molar refractivity (Wildman–Crippen MR) is 126 cm³/mol. The number of tetrazole rings is 1. The van der Waals surface area contributed by atoms with Gasteiger partial charge in [-0.1, -0.05) is 6.07 Å². The van der Waals surface area contributed by atoms with Crippen molar-refractivity contribution in [2.75, 3.05) is 36.4 Å². The number of hydrogen-bond donors (Lipinski definition) is 1. The molecule has 4 aromatic rings. The number of carbonyl (C=O) groups excluding carboxylic acids is 1. The molecule has 1 saturated heterocycles. The fraction of sp³-hybridized carbons (Fsp3) is 0.261. The predicted octanol–water partition coefficient (Wildman–Crippen LogP) is 2.17. The van der Waals surface area contributed by atoms with Crippen LogP contribution in [0, 0.1) is 13.8 Å². The van der Waals surface area contributed by atoms with Gasteiger partial charge in [-0.15, -0.1) is 5.10 Å². The molecule has 0 radical (unpaired) electrons. The van der Waals surface area contributed by atoms with E-state index >= 15 is 0 Å². The summed E-state index contributed by atoms with van der Waals surface area (Å²) in [5.74, 6) is 2.92. The Balaban J connectivity index is 1.26. The van der Waals surface area contributed by atoms with Gasteiger partial charge in [0, 0.05) is 44.0 Å². The Labute approximate surface area is 196 Å². The van der Waals surface area contributed by atoms with Crippen molar-refractivity contribution >= 4 is 23.4 Å². The monoisotopic (exact) mass is 456 g/mol. The molecule has 0 spiro atoms. The maximum absolute atomic E-state index is 13.1. The Kier molecular flexibility index (Phi) is 5.81. The lowest BCUT2D eigenvalue weighted by atomic mass is 10.1. The number of aromatic nitrogens is 7. The van der Waals surface area contributed by atoms with Gasteiger partial charge < -0.3 is 15.1 Å². The normalized spacial score (nSPS) is 13.7. The molecule has 11 nitrogen and oxygen atoms in total. The van der Waals surface area contributed by atoms with E-state index in [1.807, 2.05) is 55.1 Å². The summed E-state index contributed by atoms with van der Waals surface area (Å²) in [6, 6.07) is 13.1. The van der Waals surface area contributed by atoms with Crippen LogP contribution in [-0.4, -0.2) is 72.1 Å². The molecule has 0 atom stereocenters. The highest BCUT2D eigenvalue weighted by molar-refractivity contribution is 5.95. The van der Waals surface area contributed by atoms with Gasteiger partial charge in [0.05, 0.1) is 5.69 Å². The maximum Gasteiger partial charge on any atom is 0.254 e. The molecule has 11 heteroatoms. The lowest BCUT2D eigenvalue weighted by molar-refractivity contribution is 0.0746. The van der Waals surface area contributed by atoms with Crippen LogP contribution in [-0.2, 0) is 0 Å². The smallest absolute Gasteiger partial charge is 0.254 e. The average molecular weight is 457 g/mol. The zero-order valence-electron chi connectivity index (χ0n) is 19.0. The number of aryl methyl sites for hydroxylation is 2. The minimum Gasteiger partial charge on any atom is -0.353 e. The summed E-state index contributed by atoms with van der Waals surface area (Å²) in [6.07, 6.45) is 3.27. The summed E-state index contributed by atoms with van der Waals surface area (Å²) < 4.78 is 1.53. The van der Waals surface area contributed by atoms with Crippen LogP contribution in [0.2, 0.25) is 0 Å². The third-order valence-electron chi connectivity index (χ3n) is 5.59. The van der Waals surface area contributed by atoms with Crippen molar-refractivity contribution in [3.05, 3.63) is 71.9 Å². The van der Waals surface area contributed by atoms with Crippen molar-refractivity contribution in [1.29, 1.82) is 0 Å². The minimum absolute atomic E-state index is 0.0127. The highest BCUT2D eigenvalue weighted by Gasteiger charge is 2.24. The SMILES string of the molecule is Cc1ccnc(Nc2cc(N3CCN(C(=O)c4cccc(-n5cnnn5)c4)CC3)nc(C)n2)c1. The number of nitrogens with zero attached hydrogens (tertiary/aromatic N) is 9. The second kappa shape index (κ2) is 9.22. The van der Waals surface area contributed by atoms with Crippen molar-refractivity contribution in [2.45, 2.75) is 13.8 Å². The van der Waals surface area contributed by atoms with Crippen LogP contribution in [0.25, 0.3) is 5.69 Å². The number of rotatable bonds is 5. The summed E-state index contributed by atoms with van der Waals surface area (Å²) >= 11 is 0. The van der Waals surface area contributed by atoms with E-state index in [1.54, 1.807) is 12.3 Å². The fourth-order valence-electron chi connectivity index (χ4n) is 3.90. The largest absolute Gasteiger partial charge is 0.353 e. The fourth-order valence-corrected chi connectivity index (χ4v) is 3.90. The van der Waals surface area contributed by atoms with E-state index in [4.69, 9.17) is 0 Å². The van der Waals surface area contributed by atoms with E-state index in [9.17, 15) is 4.79 Å². The number of anilines is 3. The number of benzene rings is 1. The zero-order valence-corrected chi connectivity index (χ0v) is 19.0. The molecule has 0 aliphatic carbocycles. The first-order valence-electron chi connectivity index (χ1n) is 11.0. The van der Waals surface area contributed by atoms with Crippen LogP contribution < -0.4 is 10.2 Å². The molecule has 1 aliphatic heterocycles. The Bertz CT molecular complexity index is 1300. The summed E-state index contributed by atoms with van der Waals surface area (Å²) in [5, 5.41) is 14.5. The van der Waals surface area contributed by atoms with Gasteiger partial charge in [-0.2, -0.15) is 0 Å². The molecular weight excluding hydrogens is 432 g/mol. The van der Waals surface area contributed by atoms with E-state index in [-0.39, 0.29) is 5.91 Å². The molecule has 1 aromatic carbocycles. The van der Waals surface area contributed by atoms with Gasteiger partial charge in [0.25, 0.3) is 5.91 Å². The van der Waals surface area contributed by atoms with Crippen LogP contribution in [0.1, 0.15) is 21.7 Å². The highest BCUT2D eigenvalue weighted by Crippen LogP contribution is 2.21. The molecule has 1 amide bonds. The van der Waals surface area contributed by atoms with Gasteiger partial charge in [-0.3, -0.25) is 4.79 Å². The quantitative estimate of drug-likeness (QED) is 0.482. The Morgan fingerprint density at radius 3 is 2.59 bits per heavy atom. The number of pyridine rings is 1. The molecular formula is C23H24N10O. The number of hydrogen-bond acceptors (Lipinski definition) is 9. The first-order valence-corrected chi connectivity index (χ1v) is 11.0. The number of amides is 1. The second-order valence-electron chi connectivity index (χ2n) is 8.09. The maximum atomic E-state index is 13.1. The van der Waals surface area contributed by atoms with Crippen LogP contribution in [0.5, 0.6) is 0 Å². The van der Waals surface area contributed by atoms with Gasteiger partial charge in [0.2, 0.25) is 0 Å². The first-order chi connectivity index (χ1) is 16.5. The van der Waals surface area contributed by atoms with Crippen molar-refractivity contribution in [2.24, 2.45) is 0 Å². The molecule has 5 rings (SSSR count). The van der Waals surface area contributed by atoms with E-state index < -0.39 is 0 Å². The van der Waals surface area contributed by atoms with Gasteiger partial charge in [0.15, 0.2) is 0 Å². The van der Waals surface area contributed by atoms with E-state index in [1.165, 1.54) is 11.0 Å². The van der Waals surface area contributed by atoms with E-state index in [2.05, 4.69) is 40.7 Å². The van der Waals surface area contributed by atoms with Gasteiger partial charge in [0.1, 0.15) is 29.6 Å². The number of carbonyl (C=O) groups is 1. The standard InChI is InChI=1S/C23H24N10O/c1-16-6-7-24-20(12-16)28-21-14-22(27-17(2)26-21)31-8-10-32(11-9-31)23(34)18-4-3-5-19(13-18)33-15-25-29-30-33/h3-7,12-15H,8-11H2,1-2H3,(H,24,26,27,28). The second-order valence-corrected chi connectivity index (χ2v) is 8.09. The summed E-state index contributed by atoms with van der Waals surface area (Å²) in [6.45, 7) is 6.44. The summed E-state index contributed by atoms with van der Waals surface area (Å²) in [4.78, 5) is 30.6. The van der Waals surface area contributed by atoms with E-state index in [0.29, 0.717) is 43.4 Å². The molecule has 0 unspecified atom stereocenters. The van der Waals surface area contributed by atoms with Gasteiger partial charge in [-0.05, 0) is 60.2 Å². The zero-order chi connectivity index (χ0) is 23.5. The lowest BCUT2D eigenvalue weighted by Gasteiger charge is -2.35. The molecule has 0 bridgehead atoms. The summed E-state index contributed by atoms with van der Waals surface area (Å²) in [7, 11) is 0. The molecule has 4 heterocycles. The third kappa shape index (κ3) is 4.68. The Morgan fingerprint density at radius 1 is 0.971 bits per heavy atom. The Hall–Kier alpha value is -4.41. The Morgan fingerprint density at radius 2 is 1.82 bits per heavy atom. The van der Waals surface area contributed by atoms with Crippen LogP contribution in [0.4, 0.5) is 17.5 Å². The summed E-state index contributed by atoms with van der Waals surface area (Å²) in [5.41, 5.74) is 2.47. The topological polar surface area (TPSA) is 118 Å². The molecule has 3 aromatic heterocycles. The highest BCUT2D eigenvalue weighted by atomic mass is 16.2. The van der Waals surface area contributed by atoms with Gasteiger partial charge in [-0.25, -0.2) is 19.6 Å². The molecule has 1 fully saturated rings. The number of nitrogens with one attached hydrogen (secondary N) is 1. The van der Waals surface area contributed by atoms with Crippen molar-refractivity contribution in [3.8, 4) is 5.69 Å². The van der Waals surface area contributed by atoms with Crippen LogP contribution >= 0.6 is 0 Å². The third-order valence-corrected chi connectivity index (χ3v) is 5.59. The molecule has 1 aliphatic rings. The van der Waals surface area contributed by atoms with Crippen LogP contribution in [0.3, 0.4) is 0 Å². The van der Waals surface area contributed by atoms with Gasteiger partial charge >= 0.3 is 0 Å². The van der Waals surface area contributed by atoms with Crippen molar-refractivity contribution < 1.29 is 4.79 Å². The van der Waals surface area contributed by atoms with E-state index in [0.717, 1.165) is 22.9 Å². The van der Waals surface area contributed by atoms with Crippen molar-refractivity contribution in [1.82, 2.24) is 40.1 Å². The molecule has 34 heavy (non-hydrogen) atoms. The average Bonchev–Trinajstić information content (AvgIpc) is 3.39. The van der Waals surface area contributed by atoms with Crippen LogP contribution in [0.15, 0.2) is 55.0 Å². The minimum atomic E-state index is -0.0127.